The number of rotatable bonds is 7. The molecule has 0 bridgehead atoms. The van der Waals surface area contributed by atoms with Gasteiger partial charge in [0.1, 0.15) is 5.75 Å². The zero-order chi connectivity index (χ0) is 22.5. The average molecular weight is 455 g/mol. The summed E-state index contributed by atoms with van der Waals surface area (Å²) in [4.78, 5) is 21.6. The summed E-state index contributed by atoms with van der Waals surface area (Å²) in [5.41, 5.74) is 1.74. The van der Waals surface area contributed by atoms with Crippen molar-refractivity contribution in [1.29, 1.82) is 0 Å². The Hall–Kier alpha value is -2.90. The molecule has 32 heavy (non-hydrogen) atoms. The van der Waals surface area contributed by atoms with Crippen molar-refractivity contribution in [2.24, 2.45) is 5.92 Å². The first kappa shape index (κ1) is 22.3. The quantitative estimate of drug-likeness (QED) is 0.531. The van der Waals surface area contributed by atoms with Gasteiger partial charge in [0, 0.05) is 31.3 Å². The Bertz CT molecular complexity index is 1070. The second kappa shape index (κ2) is 10.1. The lowest BCUT2D eigenvalue weighted by Crippen LogP contribution is -2.43. The molecule has 2 heterocycles. The van der Waals surface area contributed by atoms with Crippen molar-refractivity contribution < 1.29 is 14.1 Å². The van der Waals surface area contributed by atoms with Crippen LogP contribution in [-0.2, 0) is 17.9 Å². The van der Waals surface area contributed by atoms with E-state index in [2.05, 4.69) is 15.0 Å². The molecule has 8 heteroatoms. The van der Waals surface area contributed by atoms with E-state index < -0.39 is 0 Å². The van der Waals surface area contributed by atoms with Crippen molar-refractivity contribution in [3.63, 3.8) is 0 Å². The lowest BCUT2D eigenvalue weighted by atomic mass is 9.96. The molecule has 1 saturated heterocycles. The molecule has 0 N–H and O–H groups in total. The summed E-state index contributed by atoms with van der Waals surface area (Å²) in [5.74, 6) is 1.88. The summed E-state index contributed by atoms with van der Waals surface area (Å²) in [7, 11) is 3.50. The molecule has 1 unspecified atom stereocenters. The molecule has 168 valence electrons. The van der Waals surface area contributed by atoms with Crippen molar-refractivity contribution >= 4 is 17.5 Å². The lowest BCUT2D eigenvalue weighted by Gasteiger charge is -2.33. The third-order valence-corrected chi connectivity index (χ3v) is 6.10. The summed E-state index contributed by atoms with van der Waals surface area (Å²) >= 11 is 6.24. The summed E-state index contributed by atoms with van der Waals surface area (Å²) in [6, 6.07) is 15.2. The van der Waals surface area contributed by atoms with Crippen LogP contribution in [0, 0.1) is 5.92 Å². The summed E-state index contributed by atoms with van der Waals surface area (Å²) < 4.78 is 10.9. The van der Waals surface area contributed by atoms with Crippen LogP contribution in [-0.4, -0.2) is 53.1 Å². The number of methoxy groups -OCH3 is 1. The fourth-order valence-corrected chi connectivity index (χ4v) is 4.36. The second-order valence-electron chi connectivity index (χ2n) is 8.07. The van der Waals surface area contributed by atoms with Gasteiger partial charge < -0.3 is 14.2 Å². The number of amides is 1. The molecular formula is C24H27ClN4O3. The van der Waals surface area contributed by atoms with Gasteiger partial charge in [-0.15, -0.1) is 0 Å². The van der Waals surface area contributed by atoms with E-state index in [9.17, 15) is 4.79 Å². The van der Waals surface area contributed by atoms with Crippen molar-refractivity contribution in [3.05, 3.63) is 65.0 Å². The maximum Gasteiger partial charge on any atom is 0.241 e. The predicted octanol–water partition coefficient (Wildman–Crippen LogP) is 4.27. The molecule has 7 nitrogen and oxygen atoms in total. The molecule has 1 atom stereocenters. The van der Waals surface area contributed by atoms with Crippen LogP contribution in [0.2, 0.25) is 5.02 Å². The van der Waals surface area contributed by atoms with E-state index in [1.165, 1.54) is 0 Å². The minimum Gasteiger partial charge on any atom is -0.496 e. The summed E-state index contributed by atoms with van der Waals surface area (Å²) in [6.45, 7) is 2.59. The molecule has 4 rings (SSSR count). The second-order valence-corrected chi connectivity index (χ2v) is 8.48. The highest BCUT2D eigenvalue weighted by Gasteiger charge is 2.29. The number of likely N-dealkylation sites (tertiary alicyclic amines) is 1. The number of piperidine rings is 1. The number of hydrogen-bond acceptors (Lipinski definition) is 6. The van der Waals surface area contributed by atoms with Gasteiger partial charge in [0.25, 0.3) is 0 Å². The number of para-hydroxylation sites is 1. The van der Waals surface area contributed by atoms with Crippen LogP contribution in [0.5, 0.6) is 5.75 Å². The van der Waals surface area contributed by atoms with E-state index in [1.807, 2.05) is 49.5 Å². The van der Waals surface area contributed by atoms with Gasteiger partial charge in [-0.2, -0.15) is 4.98 Å². The van der Waals surface area contributed by atoms with E-state index >= 15 is 0 Å². The fraction of sp³-hybridized carbons (Fsp3) is 0.375. The first-order valence-electron chi connectivity index (χ1n) is 10.7. The number of ether oxygens (including phenoxy) is 1. The van der Waals surface area contributed by atoms with Gasteiger partial charge in [-0.3, -0.25) is 9.69 Å². The van der Waals surface area contributed by atoms with Gasteiger partial charge in [0.15, 0.2) is 0 Å². The predicted molar refractivity (Wildman–Crippen MR) is 122 cm³/mol. The molecule has 0 saturated carbocycles. The van der Waals surface area contributed by atoms with Crippen LogP contribution < -0.4 is 4.74 Å². The van der Waals surface area contributed by atoms with Gasteiger partial charge in [-0.1, -0.05) is 47.1 Å². The van der Waals surface area contributed by atoms with Crippen molar-refractivity contribution in [2.75, 3.05) is 27.2 Å². The molecule has 2 aromatic carbocycles. The van der Waals surface area contributed by atoms with E-state index in [-0.39, 0.29) is 11.8 Å². The molecule has 1 fully saturated rings. The van der Waals surface area contributed by atoms with Crippen LogP contribution in [0.25, 0.3) is 11.4 Å². The number of hydrogen-bond donors (Lipinski definition) is 0. The maximum absolute atomic E-state index is 13.1. The Kier molecular flexibility index (Phi) is 7.07. The highest BCUT2D eigenvalue weighted by molar-refractivity contribution is 6.33. The molecule has 0 radical (unpaired) electrons. The number of benzene rings is 2. The summed E-state index contributed by atoms with van der Waals surface area (Å²) in [6.07, 6.45) is 1.82. The Morgan fingerprint density at radius 3 is 2.84 bits per heavy atom. The van der Waals surface area contributed by atoms with E-state index in [1.54, 1.807) is 18.1 Å². The zero-order valence-corrected chi connectivity index (χ0v) is 19.1. The smallest absolute Gasteiger partial charge is 0.241 e. The number of carbonyl (C=O) groups excluding carboxylic acids is 1. The standard InChI is InChI=1S/C24H27ClN4O3/c1-28(14-17-8-3-6-12-21(17)31-2)24(30)18-9-7-13-29(15-18)16-22-26-23(27-32-22)19-10-4-5-11-20(19)25/h3-6,8,10-12,18H,7,9,13-16H2,1-2H3. The average Bonchev–Trinajstić information content (AvgIpc) is 3.27. The fourth-order valence-electron chi connectivity index (χ4n) is 4.14. The monoisotopic (exact) mass is 454 g/mol. The van der Waals surface area contributed by atoms with Crippen LogP contribution >= 0.6 is 11.6 Å². The first-order chi connectivity index (χ1) is 15.5. The Morgan fingerprint density at radius 2 is 2.03 bits per heavy atom. The lowest BCUT2D eigenvalue weighted by molar-refractivity contribution is -0.136. The van der Waals surface area contributed by atoms with Gasteiger partial charge >= 0.3 is 0 Å². The Balaban J connectivity index is 1.37. The molecule has 1 aliphatic heterocycles. The van der Waals surface area contributed by atoms with Crippen LogP contribution in [0.15, 0.2) is 53.1 Å². The minimum absolute atomic E-state index is 0.0607. The normalized spacial score (nSPS) is 16.7. The number of carbonyl (C=O) groups is 1. The third kappa shape index (κ3) is 5.11. The van der Waals surface area contributed by atoms with E-state index in [4.69, 9.17) is 20.9 Å². The van der Waals surface area contributed by atoms with Crippen molar-refractivity contribution in [1.82, 2.24) is 19.9 Å². The number of aromatic nitrogens is 2. The van der Waals surface area contributed by atoms with Gasteiger partial charge in [0.2, 0.25) is 17.6 Å². The molecule has 3 aromatic rings. The SMILES string of the molecule is COc1ccccc1CN(C)C(=O)C1CCCN(Cc2nc(-c3ccccc3Cl)no2)C1. The largest absolute Gasteiger partial charge is 0.496 e. The highest BCUT2D eigenvalue weighted by Crippen LogP contribution is 2.26. The zero-order valence-electron chi connectivity index (χ0n) is 18.3. The van der Waals surface area contributed by atoms with Crippen LogP contribution in [0.4, 0.5) is 0 Å². The van der Waals surface area contributed by atoms with Crippen LogP contribution in [0.1, 0.15) is 24.3 Å². The Labute approximate surface area is 192 Å². The highest BCUT2D eigenvalue weighted by atomic mass is 35.5. The number of nitrogens with zero attached hydrogens (tertiary/aromatic N) is 4. The topological polar surface area (TPSA) is 71.7 Å². The first-order valence-corrected chi connectivity index (χ1v) is 11.1. The molecule has 0 aliphatic carbocycles. The van der Waals surface area contributed by atoms with Gasteiger partial charge in [0.05, 0.1) is 24.6 Å². The molecule has 1 aromatic heterocycles. The minimum atomic E-state index is -0.0607. The molecular weight excluding hydrogens is 428 g/mol. The summed E-state index contributed by atoms with van der Waals surface area (Å²) in [5, 5.41) is 4.66. The van der Waals surface area contributed by atoms with Crippen molar-refractivity contribution in [3.8, 4) is 17.1 Å². The number of halogens is 1. The van der Waals surface area contributed by atoms with Gasteiger partial charge in [-0.25, -0.2) is 0 Å². The van der Waals surface area contributed by atoms with Gasteiger partial charge in [-0.05, 0) is 37.6 Å². The third-order valence-electron chi connectivity index (χ3n) is 5.77. The molecule has 1 aliphatic rings. The maximum atomic E-state index is 13.1. The van der Waals surface area contributed by atoms with Crippen molar-refractivity contribution in [2.45, 2.75) is 25.9 Å². The van der Waals surface area contributed by atoms with Crippen LogP contribution in [0.3, 0.4) is 0 Å². The molecule has 0 spiro atoms. The Morgan fingerprint density at radius 1 is 1.25 bits per heavy atom. The molecule has 1 amide bonds. The van der Waals surface area contributed by atoms with E-state index in [0.717, 1.165) is 36.3 Å². The van der Waals surface area contributed by atoms with E-state index in [0.29, 0.717) is 36.4 Å².